The van der Waals surface area contributed by atoms with E-state index in [1.165, 1.54) is 0 Å². The highest BCUT2D eigenvalue weighted by Crippen LogP contribution is 2.30. The maximum Gasteiger partial charge on any atom is 0.249 e. The van der Waals surface area contributed by atoms with Crippen LogP contribution in [0.25, 0.3) is 21.7 Å². The largest absolute Gasteiger partial charge is 0.350 e. The van der Waals surface area contributed by atoms with Gasteiger partial charge in [-0.25, -0.2) is 9.67 Å². The fourth-order valence-electron chi connectivity index (χ4n) is 2.42. The lowest BCUT2D eigenvalue weighted by Crippen LogP contribution is -2.07. The molecule has 0 bridgehead atoms. The number of rotatable bonds is 4. The molecule has 9 heteroatoms. The van der Waals surface area contributed by atoms with Crippen LogP contribution in [0.5, 0.6) is 0 Å². The number of pyridine rings is 1. The number of nitrogens with one attached hydrogen (secondary N) is 1. The van der Waals surface area contributed by atoms with E-state index in [9.17, 15) is 0 Å². The molecule has 0 saturated carbocycles. The zero-order valence-electron chi connectivity index (χ0n) is 13.4. The first-order valence-corrected chi connectivity index (χ1v) is 8.24. The Bertz CT molecular complexity index is 954. The Morgan fingerprint density at radius 1 is 1.25 bits per heavy atom. The molecule has 0 aromatic carbocycles. The summed E-state index contributed by atoms with van der Waals surface area (Å²) in [5.74, 6) is 1.06. The van der Waals surface area contributed by atoms with Crippen molar-refractivity contribution < 1.29 is 4.52 Å². The van der Waals surface area contributed by atoms with Crippen LogP contribution in [0.3, 0.4) is 0 Å². The van der Waals surface area contributed by atoms with E-state index in [-0.39, 0.29) is 6.04 Å². The number of hydrogen-bond acceptors (Lipinski definition) is 8. The summed E-state index contributed by atoms with van der Waals surface area (Å²) in [5.41, 5.74) is 2.72. The third kappa shape index (κ3) is 2.52. The van der Waals surface area contributed by atoms with Gasteiger partial charge in [0.25, 0.3) is 0 Å². The van der Waals surface area contributed by atoms with Crippen molar-refractivity contribution in [3.05, 3.63) is 36.1 Å². The predicted octanol–water partition coefficient (Wildman–Crippen LogP) is 2.96. The van der Waals surface area contributed by atoms with Crippen LogP contribution >= 0.6 is 11.3 Å². The average Bonchev–Trinajstić information content (AvgIpc) is 3.27. The Kier molecular flexibility index (Phi) is 3.49. The second-order valence-electron chi connectivity index (χ2n) is 5.44. The lowest BCUT2D eigenvalue weighted by molar-refractivity contribution is 0.368. The van der Waals surface area contributed by atoms with Crippen LogP contribution in [-0.4, -0.2) is 29.9 Å². The van der Waals surface area contributed by atoms with Gasteiger partial charge in [0, 0.05) is 25.0 Å². The van der Waals surface area contributed by atoms with Crippen LogP contribution < -0.4 is 5.32 Å². The first-order chi connectivity index (χ1) is 11.6. The van der Waals surface area contributed by atoms with Crippen molar-refractivity contribution in [2.24, 2.45) is 7.05 Å². The van der Waals surface area contributed by atoms with Crippen molar-refractivity contribution >= 4 is 26.8 Å². The van der Waals surface area contributed by atoms with E-state index in [0.29, 0.717) is 11.7 Å². The fourth-order valence-corrected chi connectivity index (χ4v) is 3.44. The minimum absolute atomic E-state index is 0.151. The summed E-state index contributed by atoms with van der Waals surface area (Å²) in [4.78, 5) is 13.0. The first kappa shape index (κ1) is 14.8. The number of nitrogens with zero attached hydrogens (tertiary/aromatic N) is 6. The summed E-state index contributed by atoms with van der Waals surface area (Å²) in [6.07, 6.45) is 3.40. The van der Waals surface area contributed by atoms with Crippen LogP contribution in [0.1, 0.15) is 24.6 Å². The quantitative estimate of drug-likeness (QED) is 0.610. The summed E-state index contributed by atoms with van der Waals surface area (Å²) >= 11 is 1.57. The highest BCUT2D eigenvalue weighted by Gasteiger charge is 2.18. The van der Waals surface area contributed by atoms with Crippen molar-refractivity contribution in [1.82, 2.24) is 29.9 Å². The van der Waals surface area contributed by atoms with Gasteiger partial charge in [-0.2, -0.15) is 10.1 Å². The maximum atomic E-state index is 5.37. The van der Waals surface area contributed by atoms with Crippen LogP contribution in [0.2, 0.25) is 0 Å². The molecule has 1 atom stereocenters. The van der Waals surface area contributed by atoms with E-state index in [4.69, 9.17) is 4.52 Å². The smallest absolute Gasteiger partial charge is 0.249 e. The topological polar surface area (TPSA) is 94.6 Å². The molecule has 0 unspecified atom stereocenters. The molecule has 4 aromatic heterocycles. The monoisotopic (exact) mass is 341 g/mol. The van der Waals surface area contributed by atoms with Crippen molar-refractivity contribution in [2.75, 3.05) is 5.32 Å². The highest BCUT2D eigenvalue weighted by molar-refractivity contribution is 7.22. The lowest BCUT2D eigenvalue weighted by Gasteiger charge is -2.07. The van der Waals surface area contributed by atoms with Crippen LogP contribution in [-0.2, 0) is 7.05 Å². The first-order valence-electron chi connectivity index (χ1n) is 7.42. The molecule has 0 aliphatic rings. The summed E-state index contributed by atoms with van der Waals surface area (Å²) in [7, 11) is 1.89. The Balaban J connectivity index is 1.56. The summed E-state index contributed by atoms with van der Waals surface area (Å²) < 4.78 is 8.23. The molecule has 122 valence electrons. The standard InChI is InChI=1S/C15H15N7OS/c1-8-11-13(22(3)20-8)19-15(24-11)17-9(2)14-18-12(21-23-14)10-4-6-16-7-5-10/h4-7,9H,1-3H3,(H,17,19)/t9-/m1/s1. The van der Waals surface area contributed by atoms with Gasteiger partial charge in [-0.1, -0.05) is 16.5 Å². The van der Waals surface area contributed by atoms with Gasteiger partial charge < -0.3 is 9.84 Å². The van der Waals surface area contributed by atoms with Crippen LogP contribution in [0, 0.1) is 6.92 Å². The maximum absolute atomic E-state index is 5.37. The van der Waals surface area contributed by atoms with Gasteiger partial charge >= 0.3 is 0 Å². The summed E-state index contributed by atoms with van der Waals surface area (Å²) in [6.45, 7) is 3.94. The molecular weight excluding hydrogens is 326 g/mol. The fraction of sp³-hybridized carbons (Fsp3) is 0.267. The minimum atomic E-state index is -0.151. The number of aryl methyl sites for hydroxylation is 2. The minimum Gasteiger partial charge on any atom is -0.350 e. The molecule has 4 heterocycles. The number of thiazole rings is 1. The Morgan fingerprint density at radius 2 is 2.04 bits per heavy atom. The Labute approximate surface area is 141 Å². The lowest BCUT2D eigenvalue weighted by atomic mass is 10.2. The van der Waals surface area contributed by atoms with Crippen molar-refractivity contribution in [2.45, 2.75) is 19.9 Å². The van der Waals surface area contributed by atoms with Gasteiger partial charge in [0.1, 0.15) is 6.04 Å². The number of aromatic nitrogens is 6. The van der Waals surface area contributed by atoms with Gasteiger partial charge in [-0.3, -0.25) is 4.98 Å². The molecule has 0 spiro atoms. The Morgan fingerprint density at radius 3 is 2.79 bits per heavy atom. The second-order valence-corrected chi connectivity index (χ2v) is 6.44. The Hall–Kier alpha value is -2.81. The van der Waals surface area contributed by atoms with Gasteiger partial charge in [0.2, 0.25) is 11.7 Å². The third-order valence-corrected chi connectivity index (χ3v) is 4.72. The molecule has 1 N–H and O–H groups in total. The van der Waals surface area contributed by atoms with Crippen LogP contribution in [0.4, 0.5) is 5.13 Å². The van der Waals surface area contributed by atoms with Crippen molar-refractivity contribution in [3.63, 3.8) is 0 Å². The molecule has 8 nitrogen and oxygen atoms in total. The number of anilines is 1. The highest BCUT2D eigenvalue weighted by atomic mass is 32.1. The second kappa shape index (κ2) is 5.68. The van der Waals surface area contributed by atoms with Crippen molar-refractivity contribution in [1.29, 1.82) is 0 Å². The SMILES string of the molecule is Cc1nn(C)c2nc(N[C@H](C)c3nc(-c4ccncc4)no3)sc12. The van der Waals surface area contributed by atoms with E-state index in [1.807, 2.05) is 33.0 Å². The van der Waals surface area contributed by atoms with E-state index in [1.54, 1.807) is 28.4 Å². The van der Waals surface area contributed by atoms with Crippen LogP contribution in [0.15, 0.2) is 29.0 Å². The molecule has 0 aliphatic heterocycles. The summed E-state index contributed by atoms with van der Waals surface area (Å²) in [6, 6.07) is 3.54. The van der Waals surface area contributed by atoms with Gasteiger partial charge in [-0.15, -0.1) is 0 Å². The van der Waals surface area contributed by atoms with Crippen molar-refractivity contribution in [3.8, 4) is 11.4 Å². The molecule has 0 saturated heterocycles. The zero-order chi connectivity index (χ0) is 16.7. The molecule has 0 aliphatic carbocycles. The third-order valence-electron chi connectivity index (χ3n) is 3.64. The van der Waals surface area contributed by atoms with E-state index in [2.05, 4.69) is 30.5 Å². The van der Waals surface area contributed by atoms with Gasteiger partial charge in [0.05, 0.1) is 10.4 Å². The predicted molar refractivity (Wildman–Crippen MR) is 90.7 cm³/mol. The average molecular weight is 341 g/mol. The molecule has 0 fully saturated rings. The summed E-state index contributed by atoms with van der Waals surface area (Å²) in [5, 5.41) is 12.5. The number of fused-ring (bicyclic) bond motifs is 1. The van der Waals surface area contributed by atoms with E-state index < -0.39 is 0 Å². The molecule has 0 amide bonds. The van der Waals surface area contributed by atoms with E-state index in [0.717, 1.165) is 26.7 Å². The molecule has 0 radical (unpaired) electrons. The zero-order valence-corrected chi connectivity index (χ0v) is 14.2. The molecular formula is C15H15N7OS. The van der Waals surface area contributed by atoms with Gasteiger partial charge in [-0.05, 0) is 26.0 Å². The molecule has 4 aromatic rings. The van der Waals surface area contributed by atoms with E-state index >= 15 is 0 Å². The molecule has 4 rings (SSSR count). The normalized spacial score (nSPS) is 12.6. The molecule has 24 heavy (non-hydrogen) atoms. The number of hydrogen-bond donors (Lipinski definition) is 1. The van der Waals surface area contributed by atoms with Gasteiger partial charge in [0.15, 0.2) is 10.8 Å².